The summed E-state index contributed by atoms with van der Waals surface area (Å²) in [6.45, 7) is 6.30. The van der Waals surface area contributed by atoms with Gasteiger partial charge in [-0.05, 0) is 73.9 Å². The molecular weight excluding hydrogens is 328 g/mol. The summed E-state index contributed by atoms with van der Waals surface area (Å²) in [6, 6.07) is 14.7. The van der Waals surface area contributed by atoms with Crippen LogP contribution in [0, 0.1) is 13.8 Å². The summed E-state index contributed by atoms with van der Waals surface area (Å²) in [5.74, 6) is 0. The summed E-state index contributed by atoms with van der Waals surface area (Å²) in [4.78, 5) is 4.07. The van der Waals surface area contributed by atoms with E-state index in [0.29, 0.717) is 5.11 Å². The van der Waals surface area contributed by atoms with Gasteiger partial charge in [0.05, 0.1) is 12.4 Å². The second-order valence-corrected chi connectivity index (χ2v) is 6.59. The molecule has 0 fully saturated rings. The molecule has 0 unspecified atom stereocenters. The third-order valence-electron chi connectivity index (χ3n) is 4.31. The lowest BCUT2D eigenvalue weighted by Crippen LogP contribution is -2.30. The van der Waals surface area contributed by atoms with Crippen molar-refractivity contribution in [1.29, 1.82) is 0 Å². The van der Waals surface area contributed by atoms with Crippen LogP contribution in [0.4, 0.5) is 5.69 Å². The molecule has 0 saturated carbocycles. The highest BCUT2D eigenvalue weighted by molar-refractivity contribution is 7.80. The zero-order chi connectivity index (χ0) is 17.8. The zero-order valence-corrected chi connectivity index (χ0v) is 15.5. The Bertz CT molecular complexity index is 854. The normalized spacial score (nSPS) is 11.8. The van der Waals surface area contributed by atoms with E-state index in [4.69, 9.17) is 12.2 Å². The van der Waals surface area contributed by atoms with Gasteiger partial charge >= 0.3 is 0 Å². The summed E-state index contributed by atoms with van der Waals surface area (Å²) in [5.41, 5.74) is 5.78. The fourth-order valence-corrected chi connectivity index (χ4v) is 2.91. The summed E-state index contributed by atoms with van der Waals surface area (Å²) in [6.07, 6.45) is 5.49. The fraction of sp³-hybridized carbons (Fsp3) is 0.200. The van der Waals surface area contributed by atoms with E-state index in [0.717, 1.165) is 11.4 Å². The molecule has 2 aromatic carbocycles. The van der Waals surface area contributed by atoms with E-state index in [1.165, 1.54) is 16.7 Å². The third-order valence-corrected chi connectivity index (χ3v) is 4.53. The lowest BCUT2D eigenvalue weighted by Gasteiger charge is -2.18. The highest BCUT2D eigenvalue weighted by atomic mass is 32.1. The molecule has 0 aliphatic rings. The molecule has 3 aromatic rings. The first kappa shape index (κ1) is 17.2. The van der Waals surface area contributed by atoms with Crippen molar-refractivity contribution in [3.05, 3.63) is 77.9 Å². The minimum Gasteiger partial charge on any atom is -0.356 e. The number of nitrogens with zero attached hydrogens (tertiary/aromatic N) is 2. The molecule has 0 bridgehead atoms. The Labute approximate surface area is 153 Å². The highest BCUT2D eigenvalue weighted by Crippen LogP contribution is 2.17. The first-order valence-corrected chi connectivity index (χ1v) is 8.67. The molecule has 25 heavy (non-hydrogen) atoms. The summed E-state index contributed by atoms with van der Waals surface area (Å²) < 4.78 is 1.98. The number of benzene rings is 2. The van der Waals surface area contributed by atoms with Gasteiger partial charge in [-0.2, -0.15) is 0 Å². The second-order valence-electron chi connectivity index (χ2n) is 6.18. The van der Waals surface area contributed by atoms with Gasteiger partial charge in [0, 0.05) is 23.8 Å². The topological polar surface area (TPSA) is 41.9 Å². The molecule has 0 radical (unpaired) electrons. The Kier molecular flexibility index (Phi) is 5.14. The van der Waals surface area contributed by atoms with Crippen LogP contribution < -0.4 is 10.6 Å². The van der Waals surface area contributed by atoms with Crippen LogP contribution in [0.3, 0.4) is 0 Å². The summed E-state index contributed by atoms with van der Waals surface area (Å²) in [5, 5.41) is 7.21. The second kappa shape index (κ2) is 7.49. The van der Waals surface area contributed by atoms with E-state index in [1.807, 2.05) is 16.8 Å². The van der Waals surface area contributed by atoms with Crippen molar-refractivity contribution in [2.45, 2.75) is 26.8 Å². The number of aromatic nitrogens is 2. The molecule has 0 amide bonds. The number of nitrogens with one attached hydrogen (secondary N) is 2. The lowest BCUT2D eigenvalue weighted by molar-refractivity contribution is 0.722. The van der Waals surface area contributed by atoms with Crippen molar-refractivity contribution < 1.29 is 0 Å². The van der Waals surface area contributed by atoms with Crippen LogP contribution in [0.1, 0.15) is 29.7 Å². The highest BCUT2D eigenvalue weighted by Gasteiger charge is 2.08. The number of thiocarbonyl (C=S) groups is 1. The smallest absolute Gasteiger partial charge is 0.171 e. The molecule has 0 saturated heterocycles. The van der Waals surface area contributed by atoms with Crippen LogP contribution in [0.15, 0.2) is 61.2 Å². The Balaban J connectivity index is 1.62. The molecule has 128 valence electrons. The van der Waals surface area contributed by atoms with Gasteiger partial charge in [0.15, 0.2) is 5.11 Å². The van der Waals surface area contributed by atoms with Crippen LogP contribution in [-0.2, 0) is 0 Å². The molecule has 1 atom stereocenters. The van der Waals surface area contributed by atoms with E-state index in [9.17, 15) is 0 Å². The van der Waals surface area contributed by atoms with E-state index < -0.39 is 0 Å². The standard InChI is InChI=1S/C20H22N4S/c1-14-4-7-18(12-15(14)2)23-20(25)22-16(3)17-5-8-19(9-6-17)24-11-10-21-13-24/h4-13,16H,1-3H3,(H2,22,23,25)/t16-/m1/s1. The SMILES string of the molecule is Cc1ccc(NC(=S)N[C@H](C)c2ccc(-n3ccnc3)cc2)cc1C. The minimum atomic E-state index is 0.114. The van der Waals surface area contributed by atoms with Crippen molar-refractivity contribution in [3.8, 4) is 5.69 Å². The van der Waals surface area contributed by atoms with Crippen LogP contribution in [-0.4, -0.2) is 14.7 Å². The molecule has 1 heterocycles. The molecule has 1 aromatic heterocycles. The Morgan fingerprint density at radius 3 is 2.48 bits per heavy atom. The van der Waals surface area contributed by atoms with Gasteiger partial charge in [-0.15, -0.1) is 0 Å². The van der Waals surface area contributed by atoms with E-state index in [-0.39, 0.29) is 6.04 Å². The zero-order valence-electron chi connectivity index (χ0n) is 14.7. The van der Waals surface area contributed by atoms with Crippen molar-refractivity contribution in [2.24, 2.45) is 0 Å². The molecule has 0 aliphatic carbocycles. The van der Waals surface area contributed by atoms with E-state index in [2.05, 4.69) is 72.8 Å². The van der Waals surface area contributed by atoms with Gasteiger partial charge in [-0.3, -0.25) is 0 Å². The van der Waals surface area contributed by atoms with Gasteiger partial charge in [0.25, 0.3) is 0 Å². The summed E-state index contributed by atoms with van der Waals surface area (Å²) in [7, 11) is 0. The average molecular weight is 350 g/mol. The van der Waals surface area contributed by atoms with Gasteiger partial charge in [0.2, 0.25) is 0 Å². The molecule has 3 rings (SSSR count). The van der Waals surface area contributed by atoms with Gasteiger partial charge < -0.3 is 15.2 Å². The average Bonchev–Trinajstić information content (AvgIpc) is 3.13. The van der Waals surface area contributed by atoms with Crippen LogP contribution in [0.25, 0.3) is 5.69 Å². The van der Waals surface area contributed by atoms with Gasteiger partial charge in [-0.25, -0.2) is 4.98 Å². The number of hydrogen-bond donors (Lipinski definition) is 2. The monoisotopic (exact) mass is 350 g/mol. The van der Waals surface area contributed by atoms with Gasteiger partial charge in [0.1, 0.15) is 0 Å². The Morgan fingerprint density at radius 2 is 1.84 bits per heavy atom. The number of anilines is 1. The fourth-order valence-electron chi connectivity index (χ4n) is 2.61. The minimum absolute atomic E-state index is 0.114. The number of imidazole rings is 1. The Morgan fingerprint density at radius 1 is 1.08 bits per heavy atom. The van der Waals surface area contributed by atoms with E-state index >= 15 is 0 Å². The quantitative estimate of drug-likeness (QED) is 0.678. The van der Waals surface area contributed by atoms with E-state index in [1.54, 1.807) is 12.5 Å². The molecule has 0 aliphatic heterocycles. The first-order valence-electron chi connectivity index (χ1n) is 8.26. The number of rotatable bonds is 4. The third kappa shape index (κ3) is 4.25. The first-order chi connectivity index (χ1) is 12.0. The predicted molar refractivity (Wildman–Crippen MR) is 107 cm³/mol. The van der Waals surface area contributed by atoms with Crippen LogP contribution in [0.2, 0.25) is 0 Å². The van der Waals surface area contributed by atoms with Crippen molar-refractivity contribution in [1.82, 2.24) is 14.9 Å². The maximum atomic E-state index is 5.44. The van der Waals surface area contributed by atoms with Crippen LogP contribution in [0.5, 0.6) is 0 Å². The maximum absolute atomic E-state index is 5.44. The van der Waals surface area contributed by atoms with Gasteiger partial charge in [-0.1, -0.05) is 18.2 Å². The Hall–Kier alpha value is -2.66. The van der Waals surface area contributed by atoms with Crippen molar-refractivity contribution >= 4 is 23.0 Å². The van der Waals surface area contributed by atoms with Crippen LogP contribution >= 0.6 is 12.2 Å². The lowest BCUT2D eigenvalue weighted by atomic mass is 10.1. The molecule has 0 spiro atoms. The molecule has 5 heteroatoms. The maximum Gasteiger partial charge on any atom is 0.171 e. The van der Waals surface area contributed by atoms with Crippen molar-refractivity contribution in [2.75, 3.05) is 5.32 Å². The largest absolute Gasteiger partial charge is 0.356 e. The molecule has 2 N–H and O–H groups in total. The predicted octanol–water partition coefficient (Wildman–Crippen LogP) is 4.54. The number of aryl methyl sites for hydroxylation is 2. The number of hydrogen-bond acceptors (Lipinski definition) is 2. The summed E-state index contributed by atoms with van der Waals surface area (Å²) >= 11 is 5.44. The van der Waals surface area contributed by atoms with Crippen molar-refractivity contribution in [3.63, 3.8) is 0 Å². The molecule has 4 nitrogen and oxygen atoms in total. The molecular formula is C20H22N4S.